The first-order chi connectivity index (χ1) is 9.92. The Labute approximate surface area is 124 Å². The van der Waals surface area contributed by atoms with Crippen LogP contribution in [0.25, 0.3) is 0 Å². The largest absolute Gasteiger partial charge is 0.340 e. The molecule has 0 unspecified atom stereocenters. The molecular weight excluding hydrogens is 295 g/mol. The van der Waals surface area contributed by atoms with Gasteiger partial charge in [0.15, 0.2) is 0 Å². The average Bonchev–Trinajstić information content (AvgIpc) is 2.46. The van der Waals surface area contributed by atoms with Gasteiger partial charge >= 0.3 is 0 Å². The van der Waals surface area contributed by atoms with E-state index >= 15 is 0 Å². The first-order valence-electron chi connectivity index (χ1n) is 6.92. The number of amides is 1. The topological polar surface area (TPSA) is 57.7 Å². The zero-order chi connectivity index (χ0) is 15.5. The number of sulfonamides is 1. The molecule has 1 aromatic carbocycles. The number of piperazine rings is 1. The molecule has 1 heterocycles. The molecule has 0 aromatic heterocycles. The van der Waals surface area contributed by atoms with Gasteiger partial charge in [0.2, 0.25) is 15.9 Å². The number of carbonyl (C=O) groups is 1. The van der Waals surface area contributed by atoms with Crippen LogP contribution >= 0.6 is 0 Å². The van der Waals surface area contributed by atoms with Gasteiger partial charge in [0.1, 0.15) is 5.82 Å². The molecule has 1 aliphatic rings. The Kier molecular flexibility index (Phi) is 4.95. The lowest BCUT2D eigenvalue weighted by Crippen LogP contribution is -2.50. The Balaban J connectivity index is 2.00. The fourth-order valence-electron chi connectivity index (χ4n) is 2.37. The van der Waals surface area contributed by atoms with Crippen LogP contribution in [0.3, 0.4) is 0 Å². The van der Waals surface area contributed by atoms with Crippen molar-refractivity contribution in [1.82, 2.24) is 9.21 Å². The molecule has 1 saturated heterocycles. The van der Waals surface area contributed by atoms with E-state index in [0.29, 0.717) is 38.2 Å². The van der Waals surface area contributed by atoms with Crippen molar-refractivity contribution in [1.29, 1.82) is 0 Å². The summed E-state index contributed by atoms with van der Waals surface area (Å²) in [4.78, 5) is 13.2. The Morgan fingerprint density at radius 2 is 1.90 bits per heavy atom. The van der Waals surface area contributed by atoms with Crippen LogP contribution in [0.4, 0.5) is 4.39 Å². The van der Waals surface area contributed by atoms with E-state index < -0.39 is 15.8 Å². The van der Waals surface area contributed by atoms with Gasteiger partial charge in [-0.3, -0.25) is 4.79 Å². The Morgan fingerprint density at radius 3 is 2.48 bits per heavy atom. The van der Waals surface area contributed by atoms with Crippen LogP contribution in [-0.2, 0) is 20.6 Å². The van der Waals surface area contributed by atoms with E-state index in [9.17, 15) is 17.6 Å². The number of hydrogen-bond donors (Lipinski definition) is 0. The number of rotatable bonds is 4. The zero-order valence-corrected chi connectivity index (χ0v) is 12.8. The van der Waals surface area contributed by atoms with E-state index in [2.05, 4.69) is 0 Å². The summed E-state index contributed by atoms with van der Waals surface area (Å²) in [5.74, 6) is -0.620. The first-order valence-corrected chi connectivity index (χ1v) is 8.53. The molecule has 5 nitrogen and oxygen atoms in total. The summed E-state index contributed by atoms with van der Waals surface area (Å²) in [5.41, 5.74) is 0.432. The minimum Gasteiger partial charge on any atom is -0.340 e. The third-order valence-electron chi connectivity index (χ3n) is 3.53. The minimum atomic E-state index is -3.48. The molecule has 0 radical (unpaired) electrons. The Hall–Kier alpha value is -1.47. The highest BCUT2D eigenvalue weighted by Crippen LogP contribution is 2.15. The van der Waals surface area contributed by atoms with Crippen molar-refractivity contribution in [2.45, 2.75) is 19.1 Å². The minimum absolute atomic E-state index is 0.0391. The maximum atomic E-state index is 13.1. The molecular formula is C14H19FN2O3S. The van der Waals surface area contributed by atoms with Crippen LogP contribution in [0.1, 0.15) is 18.9 Å². The summed E-state index contributed by atoms with van der Waals surface area (Å²) in [6.07, 6.45) is 0.427. The van der Waals surface area contributed by atoms with Crippen LogP contribution in [0.2, 0.25) is 0 Å². The number of carbonyl (C=O) groups excluding carboxylic acids is 1. The van der Waals surface area contributed by atoms with Gasteiger partial charge in [0.25, 0.3) is 0 Å². The Morgan fingerprint density at radius 1 is 1.24 bits per heavy atom. The molecule has 2 rings (SSSR count). The predicted octanol–water partition coefficient (Wildman–Crippen LogP) is 1.21. The molecule has 0 bridgehead atoms. The molecule has 7 heteroatoms. The molecule has 0 spiro atoms. The van der Waals surface area contributed by atoms with E-state index in [4.69, 9.17) is 0 Å². The van der Waals surface area contributed by atoms with Gasteiger partial charge in [-0.05, 0) is 17.7 Å². The fraction of sp³-hybridized carbons (Fsp3) is 0.500. The Bertz CT molecular complexity index is 610. The van der Waals surface area contributed by atoms with Crippen molar-refractivity contribution in [2.24, 2.45) is 0 Å². The van der Waals surface area contributed by atoms with Crippen molar-refractivity contribution in [3.63, 3.8) is 0 Å². The standard InChI is InChI=1S/C14H19FN2O3S/c1-2-14(18)16-6-8-17(9-7-16)21(19,20)11-12-4-3-5-13(15)10-12/h3-5,10H,2,6-9,11H2,1H3. The van der Waals surface area contributed by atoms with Crippen molar-refractivity contribution < 1.29 is 17.6 Å². The lowest BCUT2D eigenvalue weighted by atomic mass is 10.2. The number of nitrogens with zero attached hydrogens (tertiary/aromatic N) is 2. The zero-order valence-electron chi connectivity index (χ0n) is 12.0. The van der Waals surface area contributed by atoms with Crippen LogP contribution < -0.4 is 0 Å². The number of benzene rings is 1. The van der Waals surface area contributed by atoms with Crippen LogP contribution in [-0.4, -0.2) is 49.7 Å². The second kappa shape index (κ2) is 6.53. The van der Waals surface area contributed by atoms with E-state index in [-0.39, 0.29) is 11.7 Å². The molecule has 1 fully saturated rings. The summed E-state index contributed by atoms with van der Waals surface area (Å²) >= 11 is 0. The molecule has 1 aromatic rings. The number of hydrogen-bond acceptors (Lipinski definition) is 3. The molecule has 0 N–H and O–H groups in total. The second-order valence-electron chi connectivity index (χ2n) is 5.02. The van der Waals surface area contributed by atoms with Gasteiger partial charge in [0, 0.05) is 32.6 Å². The first kappa shape index (κ1) is 15.9. The quantitative estimate of drug-likeness (QED) is 0.839. The van der Waals surface area contributed by atoms with Crippen molar-refractivity contribution >= 4 is 15.9 Å². The van der Waals surface area contributed by atoms with Crippen molar-refractivity contribution in [3.8, 4) is 0 Å². The maximum absolute atomic E-state index is 13.1. The normalized spacial score (nSPS) is 17.0. The molecule has 0 aliphatic carbocycles. The van der Waals surface area contributed by atoms with Gasteiger partial charge in [0.05, 0.1) is 5.75 Å². The summed E-state index contributed by atoms with van der Waals surface area (Å²) in [6.45, 7) is 3.20. The van der Waals surface area contributed by atoms with Crippen LogP contribution in [0.15, 0.2) is 24.3 Å². The van der Waals surface area contributed by atoms with Crippen molar-refractivity contribution in [2.75, 3.05) is 26.2 Å². The molecule has 1 aliphatic heterocycles. The maximum Gasteiger partial charge on any atom is 0.222 e. The van der Waals surface area contributed by atoms with E-state index in [1.807, 2.05) is 0 Å². The van der Waals surface area contributed by atoms with Crippen LogP contribution in [0, 0.1) is 5.82 Å². The molecule has 21 heavy (non-hydrogen) atoms. The highest BCUT2D eigenvalue weighted by molar-refractivity contribution is 7.88. The lowest BCUT2D eigenvalue weighted by molar-refractivity contribution is -0.132. The third-order valence-corrected chi connectivity index (χ3v) is 5.38. The van der Waals surface area contributed by atoms with Gasteiger partial charge in [-0.15, -0.1) is 0 Å². The molecule has 0 saturated carbocycles. The summed E-state index contributed by atoms with van der Waals surface area (Å²) in [6, 6.07) is 5.61. The smallest absolute Gasteiger partial charge is 0.222 e. The molecule has 116 valence electrons. The van der Waals surface area contributed by atoms with Gasteiger partial charge in [-0.25, -0.2) is 12.8 Å². The molecule has 1 amide bonds. The van der Waals surface area contributed by atoms with Gasteiger partial charge in [-0.1, -0.05) is 19.1 Å². The van der Waals surface area contributed by atoms with E-state index in [0.717, 1.165) is 0 Å². The van der Waals surface area contributed by atoms with E-state index in [1.54, 1.807) is 17.9 Å². The summed E-state index contributed by atoms with van der Waals surface area (Å²) in [5, 5.41) is 0. The van der Waals surface area contributed by atoms with Crippen molar-refractivity contribution in [3.05, 3.63) is 35.6 Å². The SMILES string of the molecule is CCC(=O)N1CCN(S(=O)(=O)Cc2cccc(F)c2)CC1. The highest BCUT2D eigenvalue weighted by atomic mass is 32.2. The average molecular weight is 314 g/mol. The summed E-state index contributed by atoms with van der Waals surface area (Å²) in [7, 11) is -3.48. The third kappa shape index (κ3) is 4.01. The summed E-state index contributed by atoms with van der Waals surface area (Å²) < 4.78 is 39.1. The number of halogens is 1. The van der Waals surface area contributed by atoms with Gasteiger partial charge in [-0.2, -0.15) is 4.31 Å². The lowest BCUT2D eigenvalue weighted by Gasteiger charge is -2.33. The monoisotopic (exact) mass is 314 g/mol. The van der Waals surface area contributed by atoms with Crippen LogP contribution in [0.5, 0.6) is 0 Å². The van der Waals surface area contributed by atoms with Gasteiger partial charge < -0.3 is 4.90 Å². The van der Waals surface area contributed by atoms with E-state index in [1.165, 1.54) is 22.5 Å². The fourth-order valence-corrected chi connectivity index (χ4v) is 3.87. The predicted molar refractivity (Wildman–Crippen MR) is 77.5 cm³/mol. The highest BCUT2D eigenvalue weighted by Gasteiger charge is 2.28. The molecule has 0 atom stereocenters. The second-order valence-corrected chi connectivity index (χ2v) is 6.99.